The summed E-state index contributed by atoms with van der Waals surface area (Å²) in [6.45, 7) is 4.53. The van der Waals surface area contributed by atoms with Gasteiger partial charge in [-0.2, -0.15) is 0 Å². The van der Waals surface area contributed by atoms with Crippen LogP contribution in [-0.4, -0.2) is 5.11 Å². The molecule has 0 fully saturated rings. The second-order valence-electron chi connectivity index (χ2n) is 5.99. The smallest absolute Gasteiger partial charge is 0.115 e. The van der Waals surface area contributed by atoms with E-state index in [4.69, 9.17) is 0 Å². The first-order valence-corrected chi connectivity index (χ1v) is 8.56. The number of unbranched alkanes of at least 4 members (excludes halogenated alkanes) is 6. The van der Waals surface area contributed by atoms with Crippen molar-refractivity contribution in [2.24, 2.45) is 0 Å². The van der Waals surface area contributed by atoms with Gasteiger partial charge >= 0.3 is 0 Å². The zero-order valence-electron chi connectivity index (χ0n) is 13.4. The molecule has 1 rings (SSSR count). The molecule has 1 heteroatoms. The second kappa shape index (κ2) is 10.8. The molecule has 0 saturated carbocycles. The van der Waals surface area contributed by atoms with Crippen LogP contribution < -0.4 is 0 Å². The highest BCUT2D eigenvalue weighted by molar-refractivity contribution is 5.28. The van der Waals surface area contributed by atoms with Gasteiger partial charge in [-0.25, -0.2) is 0 Å². The van der Waals surface area contributed by atoms with E-state index in [1.807, 2.05) is 12.1 Å². The van der Waals surface area contributed by atoms with E-state index in [1.54, 1.807) is 0 Å². The van der Waals surface area contributed by atoms with Gasteiger partial charge in [0.05, 0.1) is 0 Å². The van der Waals surface area contributed by atoms with Crippen LogP contribution in [0.5, 0.6) is 5.75 Å². The van der Waals surface area contributed by atoms with Crippen molar-refractivity contribution in [3.63, 3.8) is 0 Å². The summed E-state index contributed by atoms with van der Waals surface area (Å²) in [6.07, 6.45) is 13.4. The molecular formula is C19H32O. The van der Waals surface area contributed by atoms with Crippen LogP contribution in [0.3, 0.4) is 0 Å². The fraction of sp³-hybridized carbons (Fsp3) is 0.684. The maximum absolute atomic E-state index is 9.41. The maximum Gasteiger partial charge on any atom is 0.115 e. The van der Waals surface area contributed by atoms with Gasteiger partial charge in [-0.15, -0.1) is 0 Å². The van der Waals surface area contributed by atoms with E-state index in [-0.39, 0.29) is 0 Å². The van der Waals surface area contributed by atoms with Crippen molar-refractivity contribution in [1.29, 1.82) is 0 Å². The average Bonchev–Trinajstić information content (AvgIpc) is 2.47. The predicted octanol–water partition coefficient (Wildman–Crippen LogP) is 6.42. The number of phenolic OH excluding ortho intramolecular Hbond substituents is 1. The Kier molecular flexibility index (Phi) is 9.19. The topological polar surface area (TPSA) is 20.2 Å². The van der Waals surface area contributed by atoms with Crippen molar-refractivity contribution in [2.45, 2.75) is 84.0 Å². The maximum atomic E-state index is 9.41. The molecule has 1 aromatic carbocycles. The molecule has 0 heterocycles. The van der Waals surface area contributed by atoms with Crippen LogP contribution in [0.4, 0.5) is 0 Å². The fourth-order valence-electron chi connectivity index (χ4n) is 2.85. The first-order chi connectivity index (χ1) is 9.77. The number of benzene rings is 1. The van der Waals surface area contributed by atoms with Crippen LogP contribution in [-0.2, 0) is 0 Å². The summed E-state index contributed by atoms with van der Waals surface area (Å²) in [5, 5.41) is 9.41. The second-order valence-corrected chi connectivity index (χ2v) is 5.99. The summed E-state index contributed by atoms with van der Waals surface area (Å²) in [5.74, 6) is 1.06. The summed E-state index contributed by atoms with van der Waals surface area (Å²) in [7, 11) is 0. The van der Waals surface area contributed by atoms with E-state index < -0.39 is 0 Å². The van der Waals surface area contributed by atoms with Crippen molar-refractivity contribution < 1.29 is 5.11 Å². The lowest BCUT2D eigenvalue weighted by molar-refractivity contribution is 0.473. The van der Waals surface area contributed by atoms with Crippen LogP contribution in [0.25, 0.3) is 0 Å². The summed E-state index contributed by atoms with van der Waals surface area (Å²) >= 11 is 0. The SMILES string of the molecule is CCCCCCCCC(CCCC)c1ccc(O)cc1. The predicted molar refractivity (Wildman–Crippen MR) is 88.4 cm³/mol. The van der Waals surface area contributed by atoms with Gasteiger partial charge in [-0.05, 0) is 36.5 Å². The van der Waals surface area contributed by atoms with Crippen LogP contribution >= 0.6 is 0 Å². The zero-order chi connectivity index (χ0) is 14.6. The Bertz CT molecular complexity index is 328. The molecule has 1 N–H and O–H groups in total. The minimum Gasteiger partial charge on any atom is -0.508 e. The van der Waals surface area contributed by atoms with Crippen LogP contribution in [0.2, 0.25) is 0 Å². The Balaban J connectivity index is 2.37. The van der Waals surface area contributed by atoms with Crippen molar-refractivity contribution >= 4 is 0 Å². The van der Waals surface area contributed by atoms with E-state index in [9.17, 15) is 5.11 Å². The molecule has 0 spiro atoms. The van der Waals surface area contributed by atoms with Crippen molar-refractivity contribution in [3.8, 4) is 5.75 Å². The number of aromatic hydroxyl groups is 1. The standard InChI is InChI=1S/C19H32O/c1-3-5-7-8-9-10-12-17(11-6-4-2)18-13-15-19(20)16-14-18/h13-17,20H,3-12H2,1-2H3. The van der Waals surface area contributed by atoms with Gasteiger partial charge in [0, 0.05) is 0 Å². The summed E-state index contributed by atoms with van der Waals surface area (Å²) in [6, 6.07) is 7.87. The third kappa shape index (κ3) is 6.98. The summed E-state index contributed by atoms with van der Waals surface area (Å²) in [4.78, 5) is 0. The van der Waals surface area contributed by atoms with Crippen molar-refractivity contribution in [3.05, 3.63) is 29.8 Å². The highest BCUT2D eigenvalue weighted by atomic mass is 16.3. The van der Waals surface area contributed by atoms with E-state index >= 15 is 0 Å². The minimum absolute atomic E-state index is 0.377. The molecule has 0 saturated heterocycles. The normalized spacial score (nSPS) is 12.5. The van der Waals surface area contributed by atoms with Gasteiger partial charge in [-0.1, -0.05) is 77.3 Å². The number of hydrogen-bond acceptors (Lipinski definition) is 1. The molecule has 0 radical (unpaired) electrons. The minimum atomic E-state index is 0.377. The van der Waals surface area contributed by atoms with Gasteiger partial charge in [0.15, 0.2) is 0 Å². The number of hydrogen-bond donors (Lipinski definition) is 1. The molecule has 20 heavy (non-hydrogen) atoms. The first kappa shape index (κ1) is 17.1. The quantitative estimate of drug-likeness (QED) is 0.462. The Hall–Kier alpha value is -0.980. The lowest BCUT2D eigenvalue weighted by Gasteiger charge is -2.17. The highest BCUT2D eigenvalue weighted by Gasteiger charge is 2.10. The van der Waals surface area contributed by atoms with Crippen molar-refractivity contribution in [1.82, 2.24) is 0 Å². The first-order valence-electron chi connectivity index (χ1n) is 8.56. The molecule has 0 bridgehead atoms. The summed E-state index contributed by atoms with van der Waals surface area (Å²) < 4.78 is 0. The monoisotopic (exact) mass is 276 g/mol. The lowest BCUT2D eigenvalue weighted by Crippen LogP contribution is -1.99. The Labute approximate surface area is 125 Å². The summed E-state index contributed by atoms with van der Waals surface area (Å²) in [5.41, 5.74) is 1.41. The highest BCUT2D eigenvalue weighted by Crippen LogP contribution is 2.29. The van der Waals surface area contributed by atoms with Gasteiger partial charge < -0.3 is 5.11 Å². The molecule has 0 aliphatic heterocycles. The third-order valence-electron chi connectivity index (χ3n) is 4.18. The third-order valence-corrected chi connectivity index (χ3v) is 4.18. The number of rotatable bonds is 11. The van der Waals surface area contributed by atoms with E-state index in [0.29, 0.717) is 11.7 Å². The Morgan fingerprint density at radius 2 is 1.30 bits per heavy atom. The van der Waals surface area contributed by atoms with Crippen LogP contribution in [0.1, 0.15) is 89.5 Å². The molecule has 0 aromatic heterocycles. The molecule has 1 atom stereocenters. The fourth-order valence-corrected chi connectivity index (χ4v) is 2.85. The van der Waals surface area contributed by atoms with E-state index in [0.717, 1.165) is 0 Å². The molecule has 0 aliphatic rings. The largest absolute Gasteiger partial charge is 0.508 e. The van der Waals surface area contributed by atoms with E-state index in [1.165, 1.54) is 69.8 Å². The molecule has 1 unspecified atom stereocenters. The molecule has 0 aliphatic carbocycles. The Morgan fingerprint density at radius 1 is 0.750 bits per heavy atom. The van der Waals surface area contributed by atoms with Gasteiger partial charge in [-0.3, -0.25) is 0 Å². The van der Waals surface area contributed by atoms with E-state index in [2.05, 4.69) is 26.0 Å². The number of phenols is 1. The van der Waals surface area contributed by atoms with Crippen LogP contribution in [0.15, 0.2) is 24.3 Å². The Morgan fingerprint density at radius 3 is 1.95 bits per heavy atom. The van der Waals surface area contributed by atoms with Crippen molar-refractivity contribution in [2.75, 3.05) is 0 Å². The van der Waals surface area contributed by atoms with Gasteiger partial charge in [0.25, 0.3) is 0 Å². The van der Waals surface area contributed by atoms with Crippen LogP contribution in [0, 0.1) is 0 Å². The van der Waals surface area contributed by atoms with Gasteiger partial charge in [0.1, 0.15) is 5.75 Å². The molecule has 0 amide bonds. The van der Waals surface area contributed by atoms with Gasteiger partial charge in [0.2, 0.25) is 0 Å². The molecule has 1 nitrogen and oxygen atoms in total. The molecule has 114 valence electrons. The zero-order valence-corrected chi connectivity index (χ0v) is 13.4. The lowest BCUT2D eigenvalue weighted by atomic mass is 9.88. The molecular weight excluding hydrogens is 244 g/mol. The molecule has 1 aromatic rings. The average molecular weight is 276 g/mol.